The molecule has 25 heavy (non-hydrogen) atoms. The van der Waals surface area contributed by atoms with E-state index in [0.717, 1.165) is 40.8 Å². The van der Waals surface area contributed by atoms with Crippen LogP contribution in [0.15, 0.2) is 18.3 Å². The van der Waals surface area contributed by atoms with Gasteiger partial charge >= 0.3 is 0 Å². The summed E-state index contributed by atoms with van der Waals surface area (Å²) in [6.07, 6.45) is 2.60. The summed E-state index contributed by atoms with van der Waals surface area (Å²) in [5.41, 5.74) is 4.55. The summed E-state index contributed by atoms with van der Waals surface area (Å²) in [5, 5.41) is 6.58. The third-order valence-corrected chi connectivity index (χ3v) is 5.31. The lowest BCUT2D eigenvalue weighted by molar-refractivity contribution is 0.0734. The number of aromatic nitrogens is 3. The minimum Gasteiger partial charge on any atom is -0.357 e. The van der Waals surface area contributed by atoms with Crippen LogP contribution >= 0.6 is 23.2 Å². The van der Waals surface area contributed by atoms with Crippen molar-refractivity contribution in [2.24, 2.45) is 0 Å². The highest BCUT2D eigenvalue weighted by Gasteiger charge is 2.27. The third kappa shape index (κ3) is 2.71. The lowest BCUT2D eigenvalue weighted by Crippen LogP contribution is -2.36. The molecule has 1 aromatic carbocycles. The number of nitrogens with zero attached hydrogens (tertiary/aromatic N) is 3. The Morgan fingerprint density at radius 2 is 2.16 bits per heavy atom. The van der Waals surface area contributed by atoms with Crippen LogP contribution in [-0.4, -0.2) is 32.1 Å². The summed E-state index contributed by atoms with van der Waals surface area (Å²) >= 11 is 12.5. The predicted octanol–water partition coefficient (Wildman–Crippen LogP) is 4.20. The number of carbonyl (C=O) groups excluding carboxylic acids is 1. The van der Waals surface area contributed by atoms with Gasteiger partial charge in [-0.15, -0.1) is 0 Å². The second kappa shape index (κ2) is 6.07. The highest BCUT2D eigenvalue weighted by atomic mass is 35.5. The van der Waals surface area contributed by atoms with Gasteiger partial charge in [-0.05, 0) is 26.0 Å². The van der Waals surface area contributed by atoms with Gasteiger partial charge in [-0.3, -0.25) is 9.48 Å². The van der Waals surface area contributed by atoms with Crippen LogP contribution < -0.4 is 0 Å². The van der Waals surface area contributed by atoms with E-state index in [2.05, 4.69) is 10.1 Å². The maximum Gasteiger partial charge on any atom is 0.257 e. The molecule has 7 heteroatoms. The average Bonchev–Trinajstić information content (AvgIpc) is 3.14. The van der Waals surface area contributed by atoms with Crippen LogP contribution in [-0.2, 0) is 19.5 Å². The van der Waals surface area contributed by atoms with E-state index in [-0.39, 0.29) is 5.91 Å². The summed E-state index contributed by atoms with van der Waals surface area (Å²) in [6.45, 7) is 5.84. The standard InChI is InChI=1S/C18H18Cl2N4O/c1-3-24-9-13(10(2)22-24)18(25)23-5-4-16-14(8-23)12-6-11(19)7-15(20)17(12)21-16/h6-7,9,21H,3-5,8H2,1-2H3. The molecular formula is C18H18Cl2N4O. The summed E-state index contributed by atoms with van der Waals surface area (Å²) < 4.78 is 1.79. The molecule has 2 aromatic heterocycles. The van der Waals surface area contributed by atoms with Crippen molar-refractivity contribution in [3.05, 3.63) is 50.9 Å². The maximum absolute atomic E-state index is 13.0. The normalized spacial score (nSPS) is 14.2. The zero-order valence-electron chi connectivity index (χ0n) is 14.1. The number of aryl methyl sites for hydroxylation is 2. The van der Waals surface area contributed by atoms with Crippen LogP contribution in [0.5, 0.6) is 0 Å². The van der Waals surface area contributed by atoms with Crippen LogP contribution in [0.3, 0.4) is 0 Å². The van der Waals surface area contributed by atoms with Crippen molar-refractivity contribution >= 4 is 40.0 Å². The van der Waals surface area contributed by atoms with Crippen molar-refractivity contribution in [2.45, 2.75) is 33.4 Å². The minimum absolute atomic E-state index is 0.0188. The first-order chi connectivity index (χ1) is 12.0. The van der Waals surface area contributed by atoms with Gasteiger partial charge in [0.1, 0.15) is 0 Å². The monoisotopic (exact) mass is 376 g/mol. The Morgan fingerprint density at radius 3 is 2.88 bits per heavy atom. The molecular weight excluding hydrogens is 359 g/mol. The van der Waals surface area contributed by atoms with Crippen molar-refractivity contribution in [1.82, 2.24) is 19.7 Å². The van der Waals surface area contributed by atoms with E-state index < -0.39 is 0 Å². The molecule has 3 aromatic rings. The average molecular weight is 377 g/mol. The van der Waals surface area contributed by atoms with E-state index in [1.165, 1.54) is 0 Å². The highest BCUT2D eigenvalue weighted by molar-refractivity contribution is 6.38. The van der Waals surface area contributed by atoms with Crippen LogP contribution in [0, 0.1) is 6.92 Å². The van der Waals surface area contributed by atoms with E-state index in [4.69, 9.17) is 23.2 Å². The molecule has 1 aliphatic rings. The third-order valence-electron chi connectivity index (χ3n) is 4.79. The Bertz CT molecular complexity index is 989. The molecule has 0 unspecified atom stereocenters. The van der Waals surface area contributed by atoms with Gasteiger partial charge in [0, 0.05) is 53.9 Å². The minimum atomic E-state index is 0.0188. The summed E-state index contributed by atoms with van der Waals surface area (Å²) in [7, 11) is 0. The number of H-pyrrole nitrogens is 1. The fraction of sp³-hybridized carbons (Fsp3) is 0.333. The number of fused-ring (bicyclic) bond motifs is 3. The van der Waals surface area contributed by atoms with Crippen molar-refractivity contribution in [2.75, 3.05) is 6.54 Å². The largest absolute Gasteiger partial charge is 0.357 e. The van der Waals surface area contributed by atoms with E-state index in [1.807, 2.05) is 31.0 Å². The second-order valence-electron chi connectivity index (χ2n) is 6.35. The van der Waals surface area contributed by atoms with Gasteiger partial charge in [-0.25, -0.2) is 0 Å². The van der Waals surface area contributed by atoms with Crippen molar-refractivity contribution in [3.63, 3.8) is 0 Å². The summed E-state index contributed by atoms with van der Waals surface area (Å²) in [5.74, 6) is 0.0188. The molecule has 0 fully saturated rings. The number of nitrogens with one attached hydrogen (secondary N) is 1. The fourth-order valence-corrected chi connectivity index (χ4v) is 4.01. The second-order valence-corrected chi connectivity index (χ2v) is 7.20. The Hall–Kier alpha value is -1.98. The van der Waals surface area contributed by atoms with Gasteiger partial charge in [0.05, 0.1) is 21.8 Å². The molecule has 5 nitrogen and oxygen atoms in total. The number of halogens is 2. The number of hydrogen-bond acceptors (Lipinski definition) is 2. The zero-order valence-corrected chi connectivity index (χ0v) is 15.6. The van der Waals surface area contributed by atoms with E-state index in [9.17, 15) is 4.79 Å². The summed E-state index contributed by atoms with van der Waals surface area (Å²) in [6, 6.07) is 3.64. The van der Waals surface area contributed by atoms with Crippen molar-refractivity contribution in [1.29, 1.82) is 0 Å². The fourth-order valence-electron chi connectivity index (χ4n) is 3.47. The molecule has 130 valence electrons. The van der Waals surface area contributed by atoms with Crippen LogP contribution in [0.1, 0.15) is 34.2 Å². The molecule has 1 aliphatic heterocycles. The van der Waals surface area contributed by atoms with Crippen LogP contribution in [0.2, 0.25) is 10.0 Å². The molecule has 0 bridgehead atoms. The summed E-state index contributed by atoms with van der Waals surface area (Å²) in [4.78, 5) is 18.2. The Labute approximate surface area is 155 Å². The van der Waals surface area contributed by atoms with Crippen LogP contribution in [0.25, 0.3) is 10.9 Å². The van der Waals surface area contributed by atoms with Gasteiger partial charge in [0.15, 0.2) is 0 Å². The molecule has 1 N–H and O–H groups in total. The smallest absolute Gasteiger partial charge is 0.257 e. The number of carbonyl (C=O) groups is 1. The van der Waals surface area contributed by atoms with E-state index in [0.29, 0.717) is 28.7 Å². The highest BCUT2D eigenvalue weighted by Crippen LogP contribution is 2.34. The molecule has 0 radical (unpaired) electrons. The Kier molecular flexibility index (Phi) is 4.01. The Morgan fingerprint density at radius 1 is 1.36 bits per heavy atom. The first-order valence-corrected chi connectivity index (χ1v) is 9.05. The Balaban J connectivity index is 1.70. The molecule has 1 amide bonds. The van der Waals surface area contributed by atoms with Crippen molar-refractivity contribution < 1.29 is 4.79 Å². The van der Waals surface area contributed by atoms with Gasteiger partial charge in [0.2, 0.25) is 0 Å². The quantitative estimate of drug-likeness (QED) is 0.728. The molecule has 0 saturated carbocycles. The van der Waals surface area contributed by atoms with Crippen molar-refractivity contribution in [3.8, 4) is 0 Å². The number of benzene rings is 1. The molecule has 4 rings (SSSR count). The molecule has 3 heterocycles. The van der Waals surface area contributed by atoms with E-state index >= 15 is 0 Å². The number of rotatable bonds is 2. The molecule has 0 atom stereocenters. The topological polar surface area (TPSA) is 53.9 Å². The van der Waals surface area contributed by atoms with Gasteiger partial charge in [-0.1, -0.05) is 23.2 Å². The first-order valence-electron chi connectivity index (χ1n) is 8.29. The predicted molar refractivity (Wildman–Crippen MR) is 99.4 cm³/mol. The first kappa shape index (κ1) is 16.5. The zero-order chi connectivity index (χ0) is 17.7. The maximum atomic E-state index is 13.0. The van der Waals surface area contributed by atoms with Gasteiger partial charge in [-0.2, -0.15) is 5.10 Å². The van der Waals surface area contributed by atoms with E-state index in [1.54, 1.807) is 10.7 Å². The number of aromatic amines is 1. The van der Waals surface area contributed by atoms with Crippen LogP contribution in [0.4, 0.5) is 0 Å². The van der Waals surface area contributed by atoms with Gasteiger partial charge < -0.3 is 9.88 Å². The lowest BCUT2D eigenvalue weighted by Gasteiger charge is -2.27. The SMILES string of the molecule is CCn1cc(C(=O)N2CCc3[nH]c4c(Cl)cc(Cl)cc4c3C2)c(C)n1. The molecule has 0 spiro atoms. The lowest BCUT2D eigenvalue weighted by atomic mass is 10.0. The van der Waals surface area contributed by atoms with Gasteiger partial charge in [0.25, 0.3) is 5.91 Å². The molecule has 0 aliphatic carbocycles. The number of hydrogen-bond donors (Lipinski definition) is 1. The number of amides is 1. The molecule has 0 saturated heterocycles.